The summed E-state index contributed by atoms with van der Waals surface area (Å²) in [6.07, 6.45) is 7.93. The summed E-state index contributed by atoms with van der Waals surface area (Å²) in [6.45, 7) is 3.30. The fourth-order valence-corrected chi connectivity index (χ4v) is 5.29. The highest BCUT2D eigenvalue weighted by molar-refractivity contribution is 5.79. The van der Waals surface area contributed by atoms with Gasteiger partial charge >= 0.3 is 11.9 Å². The molecule has 1 saturated carbocycles. The number of aromatic hydroxyl groups is 1. The molecule has 1 fully saturated rings. The van der Waals surface area contributed by atoms with Crippen molar-refractivity contribution in [3.63, 3.8) is 0 Å². The summed E-state index contributed by atoms with van der Waals surface area (Å²) < 4.78 is 16.6. The molecular formula is C28H40N2O7. The van der Waals surface area contributed by atoms with E-state index in [1.54, 1.807) is 12.1 Å². The van der Waals surface area contributed by atoms with Gasteiger partial charge in [-0.2, -0.15) is 0 Å². The van der Waals surface area contributed by atoms with Gasteiger partial charge in [-0.25, -0.2) is 0 Å². The zero-order chi connectivity index (χ0) is 26.9. The Balaban J connectivity index is 1.81. The second kappa shape index (κ2) is 13.4. The van der Waals surface area contributed by atoms with Crippen molar-refractivity contribution < 1.29 is 34.0 Å². The molecule has 3 rings (SSSR count). The number of hydrogen-bond donors (Lipinski definition) is 4. The fraction of sp³-hybridized carbons (Fsp3) is 0.571. The number of aryl methyl sites for hydroxylation is 1. The molecule has 1 aliphatic carbocycles. The third-order valence-electron chi connectivity index (χ3n) is 7.02. The highest BCUT2D eigenvalue weighted by atomic mass is 16.6. The molecular weight excluding hydrogens is 476 g/mol. The number of benzene rings is 1. The minimum Gasteiger partial charge on any atom is -0.504 e. The maximum atomic E-state index is 11.9. The summed E-state index contributed by atoms with van der Waals surface area (Å²) in [5, 5.41) is 23.9. The Morgan fingerprint density at radius 3 is 2.49 bits per heavy atom. The van der Waals surface area contributed by atoms with Gasteiger partial charge in [0.15, 0.2) is 11.5 Å². The topological polar surface area (TPSA) is 140 Å². The van der Waals surface area contributed by atoms with Crippen molar-refractivity contribution in [2.75, 3.05) is 13.7 Å². The number of carbonyl (C=O) groups is 2. The Hall–Kier alpha value is -3.20. The maximum absolute atomic E-state index is 11.9. The van der Waals surface area contributed by atoms with Gasteiger partial charge in [0.05, 0.1) is 19.0 Å². The molecule has 1 aliphatic heterocycles. The van der Waals surface area contributed by atoms with Gasteiger partial charge < -0.3 is 35.5 Å². The Morgan fingerprint density at radius 1 is 1.14 bits per heavy atom. The molecule has 5 N–H and O–H groups in total. The van der Waals surface area contributed by atoms with Crippen molar-refractivity contribution in [1.29, 1.82) is 0 Å². The smallest absolute Gasteiger partial charge is 0.302 e. The number of methoxy groups -OCH3 is 1. The first-order valence-corrected chi connectivity index (χ1v) is 13.0. The van der Waals surface area contributed by atoms with E-state index in [1.807, 2.05) is 12.2 Å². The van der Waals surface area contributed by atoms with Gasteiger partial charge in [-0.15, -0.1) is 0 Å². The summed E-state index contributed by atoms with van der Waals surface area (Å²) in [4.78, 5) is 23.8. The number of dihydropyridines is 1. The molecule has 9 heteroatoms. The van der Waals surface area contributed by atoms with Crippen LogP contribution in [0.5, 0.6) is 11.5 Å². The number of nitrogens with one attached hydrogen (secondary N) is 1. The van der Waals surface area contributed by atoms with Crippen LogP contribution in [-0.4, -0.2) is 54.1 Å². The largest absolute Gasteiger partial charge is 0.504 e. The Labute approximate surface area is 218 Å². The van der Waals surface area contributed by atoms with Crippen LogP contribution in [0.2, 0.25) is 0 Å². The molecule has 9 nitrogen and oxygen atoms in total. The first-order valence-electron chi connectivity index (χ1n) is 13.0. The van der Waals surface area contributed by atoms with Crippen LogP contribution in [-0.2, 0) is 25.5 Å². The first-order chi connectivity index (χ1) is 17.7. The van der Waals surface area contributed by atoms with Gasteiger partial charge in [0, 0.05) is 26.8 Å². The quantitative estimate of drug-likeness (QED) is 0.326. The van der Waals surface area contributed by atoms with Crippen LogP contribution in [0, 0.1) is 5.92 Å². The van der Waals surface area contributed by atoms with Crippen LogP contribution in [0.1, 0.15) is 69.9 Å². The molecule has 0 radical (unpaired) electrons. The minimum atomic E-state index is -0.502. The summed E-state index contributed by atoms with van der Waals surface area (Å²) in [5.41, 5.74) is 8.55. The van der Waals surface area contributed by atoms with E-state index in [4.69, 9.17) is 19.9 Å². The number of aliphatic hydroxyl groups excluding tert-OH is 1. The van der Waals surface area contributed by atoms with Gasteiger partial charge in [0.25, 0.3) is 0 Å². The highest BCUT2D eigenvalue weighted by Crippen LogP contribution is 2.35. The van der Waals surface area contributed by atoms with Crippen molar-refractivity contribution in [2.45, 2.75) is 83.5 Å². The van der Waals surface area contributed by atoms with Crippen LogP contribution in [0.15, 0.2) is 30.1 Å². The van der Waals surface area contributed by atoms with Crippen molar-refractivity contribution in [1.82, 2.24) is 5.32 Å². The van der Waals surface area contributed by atoms with E-state index in [0.717, 1.165) is 42.4 Å². The van der Waals surface area contributed by atoms with Crippen molar-refractivity contribution in [3.05, 3.63) is 41.2 Å². The average Bonchev–Trinajstić information content (AvgIpc) is 2.83. The van der Waals surface area contributed by atoms with E-state index in [9.17, 15) is 19.8 Å². The van der Waals surface area contributed by atoms with Gasteiger partial charge in [-0.1, -0.05) is 18.9 Å². The van der Waals surface area contributed by atoms with E-state index in [1.165, 1.54) is 21.0 Å². The number of allylic oxidation sites excluding steroid dienone is 2. The van der Waals surface area contributed by atoms with Crippen molar-refractivity contribution in [3.8, 4) is 11.5 Å². The lowest BCUT2D eigenvalue weighted by atomic mass is 9.82. The van der Waals surface area contributed by atoms with Crippen molar-refractivity contribution >= 4 is 17.5 Å². The third kappa shape index (κ3) is 8.42. The van der Waals surface area contributed by atoms with Gasteiger partial charge in [-0.3, -0.25) is 9.59 Å². The van der Waals surface area contributed by atoms with E-state index in [0.29, 0.717) is 43.8 Å². The third-order valence-corrected chi connectivity index (χ3v) is 7.02. The summed E-state index contributed by atoms with van der Waals surface area (Å²) >= 11 is 0. The number of nitrogens with two attached hydrogens (primary N) is 1. The molecule has 204 valence electrons. The van der Waals surface area contributed by atoms with Crippen LogP contribution >= 0.6 is 0 Å². The van der Waals surface area contributed by atoms with Crippen LogP contribution < -0.4 is 15.8 Å². The molecule has 0 aromatic heterocycles. The van der Waals surface area contributed by atoms with Gasteiger partial charge in [-0.05, 0) is 72.9 Å². The normalized spacial score (nSPS) is 21.1. The number of hydrogen-bond acceptors (Lipinski definition) is 9. The Morgan fingerprint density at radius 2 is 1.84 bits per heavy atom. The molecule has 37 heavy (non-hydrogen) atoms. The molecule has 1 heterocycles. The van der Waals surface area contributed by atoms with Crippen molar-refractivity contribution in [2.24, 2.45) is 11.7 Å². The summed E-state index contributed by atoms with van der Waals surface area (Å²) in [5.74, 6) is 0.136. The molecule has 0 spiro atoms. The molecule has 4 atom stereocenters. The molecule has 0 saturated heterocycles. The highest BCUT2D eigenvalue weighted by Gasteiger charge is 2.30. The summed E-state index contributed by atoms with van der Waals surface area (Å²) in [7, 11) is 1.49. The number of ether oxygens (including phenoxy) is 3. The second-order valence-electron chi connectivity index (χ2n) is 9.91. The number of phenolic OH excluding ortho intramolecular Hbond substituents is 1. The second-order valence-corrected chi connectivity index (χ2v) is 9.91. The molecule has 1 aromatic carbocycles. The number of phenols is 1. The van der Waals surface area contributed by atoms with Gasteiger partial charge in [0.1, 0.15) is 12.2 Å². The summed E-state index contributed by atoms with van der Waals surface area (Å²) in [6, 6.07) is 3.44. The molecule has 0 amide bonds. The lowest BCUT2D eigenvalue weighted by Crippen LogP contribution is -2.33. The van der Waals surface area contributed by atoms with Crippen LogP contribution in [0.4, 0.5) is 0 Å². The number of aliphatic hydroxyl groups is 1. The van der Waals surface area contributed by atoms with E-state index >= 15 is 0 Å². The maximum Gasteiger partial charge on any atom is 0.302 e. The lowest BCUT2D eigenvalue weighted by Gasteiger charge is -2.32. The fourth-order valence-electron chi connectivity index (χ4n) is 5.29. The van der Waals surface area contributed by atoms with Crippen LogP contribution in [0.3, 0.4) is 0 Å². The van der Waals surface area contributed by atoms with Gasteiger partial charge in [0.2, 0.25) is 0 Å². The zero-order valence-electron chi connectivity index (χ0n) is 22.0. The van der Waals surface area contributed by atoms with E-state index < -0.39 is 30.3 Å². The Bertz CT molecular complexity index is 1020. The standard InChI is InChI=1S/C28H40N2O7/c1-17(31)36-22(15-23(37-18(2)32)12-21-6-4-5-7-25(21)33)9-8-19-13-27(35-3)26(34)16-24(19)20-10-11-30-28(29)14-20/h10,13-14,16,21-23,25,30,33-34H,4-9,11-12,15,29H2,1-3H3/t21-,22-,23+,25+/m1/s1. The Kier molecular flexibility index (Phi) is 10.3. The monoisotopic (exact) mass is 516 g/mol. The first kappa shape index (κ1) is 28.4. The number of carbonyl (C=O) groups excluding carboxylic acids is 2. The average molecular weight is 517 g/mol. The lowest BCUT2D eigenvalue weighted by molar-refractivity contribution is -0.154. The molecule has 0 unspecified atom stereocenters. The number of esters is 2. The predicted octanol–water partition coefficient (Wildman–Crippen LogP) is 3.31. The van der Waals surface area contributed by atoms with E-state index in [-0.39, 0.29) is 11.7 Å². The molecule has 2 aliphatic rings. The minimum absolute atomic E-state index is 0.0187. The molecule has 0 bridgehead atoms. The molecule has 1 aromatic rings. The SMILES string of the molecule is COc1cc(CC[C@H](C[C@H](C[C@H]2CCCC[C@@H]2O)OC(C)=O)OC(C)=O)c(C2=CCNC(N)=C2)cc1O. The zero-order valence-corrected chi connectivity index (χ0v) is 22.0. The number of rotatable bonds is 11. The predicted molar refractivity (Wildman–Crippen MR) is 140 cm³/mol. The van der Waals surface area contributed by atoms with E-state index in [2.05, 4.69) is 5.32 Å². The van der Waals surface area contributed by atoms with Crippen LogP contribution in [0.25, 0.3) is 5.57 Å².